The van der Waals surface area contributed by atoms with Gasteiger partial charge in [0.15, 0.2) is 0 Å². The van der Waals surface area contributed by atoms with Gasteiger partial charge in [0.25, 0.3) is 0 Å². The second-order valence-electron chi connectivity index (χ2n) is 14.2. The quantitative estimate of drug-likeness (QED) is 0.0550. The van der Waals surface area contributed by atoms with Crippen molar-refractivity contribution in [1.29, 1.82) is 0 Å². The van der Waals surface area contributed by atoms with Gasteiger partial charge in [-0.15, -0.1) is 13.2 Å². The number of carbonyl (C=O) groups excluding carboxylic acids is 4. The minimum absolute atomic E-state index is 0.0560. The summed E-state index contributed by atoms with van der Waals surface area (Å²) in [5.41, 5.74) is 6.21. The van der Waals surface area contributed by atoms with Gasteiger partial charge < -0.3 is 36.2 Å². The fourth-order valence-electron chi connectivity index (χ4n) is 7.13. The molecule has 0 unspecified atom stereocenters. The van der Waals surface area contributed by atoms with Crippen molar-refractivity contribution in [2.45, 2.75) is 75.5 Å². The molecule has 0 radical (unpaired) electrons. The van der Waals surface area contributed by atoms with E-state index in [1.54, 1.807) is 48.6 Å². The summed E-state index contributed by atoms with van der Waals surface area (Å²) in [6, 6.07) is 26.5. The summed E-state index contributed by atoms with van der Waals surface area (Å²) < 4.78 is 5.73. The van der Waals surface area contributed by atoms with Gasteiger partial charge in [-0.05, 0) is 83.2 Å². The van der Waals surface area contributed by atoms with Crippen molar-refractivity contribution >= 4 is 29.8 Å². The summed E-state index contributed by atoms with van der Waals surface area (Å²) in [5, 5.41) is 30.4. The lowest BCUT2D eigenvalue weighted by atomic mass is 9.98. The minimum atomic E-state index is -1.02. The Labute approximate surface area is 338 Å². The van der Waals surface area contributed by atoms with E-state index in [1.807, 2.05) is 48.5 Å². The number of allylic oxidation sites excluding steroid dienone is 2. The molecule has 4 aromatic rings. The lowest BCUT2D eigenvalue weighted by molar-refractivity contribution is -0.136. The standard InChI is InChI=1S/C46H50N4O8/c1-3-5-19-40(44(55)47-28-32-14-8-7-13-31(32)26-43(53)54)49-42(52)27-33(25-30-21-23-34(51)24-22-30)48-45(56)41(20-6-4-2)50-46(57)58-29-39-37-17-11-9-15-35(37)36-16-10-12-18-38(36)39/h3-4,7-18,21-24,33,39-41,51H,1-2,5-6,19-20,25-29H2,(H,47,55)(H,48,56)(H,49,52)(H,50,57)(H,53,54)/t33-,40-,41-/m0/s1. The number of benzene rings is 4. The average molecular weight is 787 g/mol. The number of amides is 4. The number of nitrogens with one attached hydrogen (secondary N) is 4. The van der Waals surface area contributed by atoms with Crippen LogP contribution in [0, 0.1) is 0 Å². The number of phenols is 1. The summed E-state index contributed by atoms with van der Waals surface area (Å²) in [7, 11) is 0. The summed E-state index contributed by atoms with van der Waals surface area (Å²) in [5.74, 6) is -2.61. The van der Waals surface area contributed by atoms with Crippen molar-refractivity contribution in [1.82, 2.24) is 21.3 Å². The predicted molar refractivity (Wildman–Crippen MR) is 221 cm³/mol. The number of aromatic hydroxyl groups is 1. The Balaban J connectivity index is 1.25. The van der Waals surface area contributed by atoms with Crippen LogP contribution in [0.2, 0.25) is 0 Å². The van der Waals surface area contributed by atoms with E-state index in [0.29, 0.717) is 24.0 Å². The highest BCUT2D eigenvalue weighted by atomic mass is 16.5. The van der Waals surface area contributed by atoms with Crippen LogP contribution in [0.3, 0.4) is 0 Å². The molecule has 302 valence electrons. The van der Waals surface area contributed by atoms with Gasteiger partial charge in [0.1, 0.15) is 24.4 Å². The van der Waals surface area contributed by atoms with Gasteiger partial charge in [0.2, 0.25) is 17.7 Å². The van der Waals surface area contributed by atoms with Crippen LogP contribution in [0.4, 0.5) is 4.79 Å². The number of hydrogen-bond acceptors (Lipinski definition) is 7. The average Bonchev–Trinajstić information content (AvgIpc) is 3.53. The van der Waals surface area contributed by atoms with Crippen LogP contribution in [-0.4, -0.2) is 64.7 Å². The number of carboxylic acids is 1. The van der Waals surface area contributed by atoms with Gasteiger partial charge in [-0.25, -0.2) is 4.79 Å². The van der Waals surface area contributed by atoms with Crippen molar-refractivity contribution in [2.75, 3.05) is 6.61 Å². The summed E-state index contributed by atoms with van der Waals surface area (Å²) in [6.07, 6.45) is 3.59. The number of hydrogen-bond donors (Lipinski definition) is 6. The first-order valence-corrected chi connectivity index (χ1v) is 19.3. The maximum absolute atomic E-state index is 13.9. The van der Waals surface area contributed by atoms with Crippen molar-refractivity contribution in [3.05, 3.63) is 150 Å². The molecule has 4 amide bonds. The number of carboxylic acid groups (broad SMARTS) is 1. The molecule has 0 heterocycles. The van der Waals surface area contributed by atoms with Gasteiger partial charge in [-0.1, -0.05) is 97.1 Å². The van der Waals surface area contributed by atoms with E-state index in [1.165, 1.54) is 12.1 Å². The third-order valence-electron chi connectivity index (χ3n) is 10.0. The van der Waals surface area contributed by atoms with E-state index in [9.17, 15) is 34.2 Å². The Bertz CT molecular complexity index is 2050. The molecule has 0 spiro atoms. The molecular formula is C46H50N4O8. The number of rotatable bonds is 21. The zero-order valence-electron chi connectivity index (χ0n) is 32.3. The first-order chi connectivity index (χ1) is 28.1. The molecule has 1 aliphatic carbocycles. The van der Waals surface area contributed by atoms with E-state index in [0.717, 1.165) is 27.8 Å². The summed E-state index contributed by atoms with van der Waals surface area (Å²) >= 11 is 0. The van der Waals surface area contributed by atoms with Gasteiger partial charge in [0, 0.05) is 24.9 Å². The Morgan fingerprint density at radius 1 is 0.707 bits per heavy atom. The summed E-state index contributed by atoms with van der Waals surface area (Å²) in [6.45, 7) is 7.62. The van der Waals surface area contributed by atoms with Crippen LogP contribution in [0.1, 0.15) is 65.8 Å². The third-order valence-corrected chi connectivity index (χ3v) is 10.0. The lowest BCUT2D eigenvalue weighted by Gasteiger charge is -2.25. The second kappa shape index (κ2) is 21.0. The van der Waals surface area contributed by atoms with Crippen LogP contribution in [0.25, 0.3) is 11.1 Å². The molecule has 1 aliphatic rings. The normalized spacial score (nSPS) is 13.1. The molecule has 58 heavy (non-hydrogen) atoms. The van der Waals surface area contributed by atoms with Crippen molar-refractivity contribution < 1.29 is 38.9 Å². The first kappa shape index (κ1) is 42.5. The molecule has 0 saturated carbocycles. The minimum Gasteiger partial charge on any atom is -0.508 e. The van der Waals surface area contributed by atoms with Crippen LogP contribution < -0.4 is 21.3 Å². The SMILES string of the molecule is C=CCC[C@H](NC(=O)C[C@H](Cc1ccc(O)cc1)NC(=O)[C@H](CCC=C)NC(=O)OCC1c2ccccc2-c2ccccc21)C(=O)NCc1ccccc1CC(=O)O. The van der Waals surface area contributed by atoms with Crippen molar-refractivity contribution in [3.63, 3.8) is 0 Å². The Kier molecular flexibility index (Phi) is 15.4. The fourth-order valence-corrected chi connectivity index (χ4v) is 7.13. The molecule has 6 N–H and O–H groups in total. The maximum atomic E-state index is 13.9. The molecule has 12 nitrogen and oxygen atoms in total. The lowest BCUT2D eigenvalue weighted by Crippen LogP contribution is -2.52. The highest BCUT2D eigenvalue weighted by Crippen LogP contribution is 2.44. The third kappa shape index (κ3) is 11.9. The van der Waals surface area contributed by atoms with Gasteiger partial charge in [-0.3, -0.25) is 19.2 Å². The Morgan fingerprint density at radius 2 is 1.28 bits per heavy atom. The molecule has 12 heteroatoms. The smallest absolute Gasteiger partial charge is 0.407 e. The van der Waals surface area contributed by atoms with Crippen LogP contribution in [0.5, 0.6) is 5.75 Å². The maximum Gasteiger partial charge on any atom is 0.407 e. The first-order valence-electron chi connectivity index (χ1n) is 19.3. The van der Waals surface area contributed by atoms with Crippen LogP contribution >= 0.6 is 0 Å². The van der Waals surface area contributed by atoms with Crippen molar-refractivity contribution in [2.24, 2.45) is 0 Å². The van der Waals surface area contributed by atoms with E-state index in [4.69, 9.17) is 4.74 Å². The van der Waals surface area contributed by atoms with E-state index in [-0.39, 0.29) is 56.9 Å². The molecule has 0 aromatic heterocycles. The largest absolute Gasteiger partial charge is 0.508 e. The van der Waals surface area contributed by atoms with Crippen LogP contribution in [-0.2, 0) is 43.3 Å². The number of carbonyl (C=O) groups is 5. The summed E-state index contributed by atoms with van der Waals surface area (Å²) in [4.78, 5) is 65.6. The zero-order valence-corrected chi connectivity index (χ0v) is 32.3. The topological polar surface area (TPSA) is 183 Å². The number of fused-ring (bicyclic) bond motifs is 3. The van der Waals surface area contributed by atoms with E-state index < -0.39 is 47.9 Å². The molecule has 0 bridgehead atoms. The zero-order chi connectivity index (χ0) is 41.4. The molecule has 4 aromatic carbocycles. The highest BCUT2D eigenvalue weighted by Gasteiger charge is 2.31. The van der Waals surface area contributed by atoms with Gasteiger partial charge in [-0.2, -0.15) is 0 Å². The number of ether oxygens (including phenoxy) is 1. The van der Waals surface area contributed by atoms with Crippen molar-refractivity contribution in [3.8, 4) is 16.9 Å². The number of alkyl carbamates (subject to hydrolysis) is 1. The molecule has 0 saturated heterocycles. The molecular weight excluding hydrogens is 737 g/mol. The molecule has 0 aliphatic heterocycles. The molecule has 0 fully saturated rings. The highest BCUT2D eigenvalue weighted by molar-refractivity contribution is 5.89. The van der Waals surface area contributed by atoms with Gasteiger partial charge >= 0.3 is 12.1 Å². The van der Waals surface area contributed by atoms with E-state index in [2.05, 4.69) is 34.4 Å². The fraction of sp³-hybridized carbons (Fsp3) is 0.283. The molecule has 3 atom stereocenters. The molecule has 5 rings (SSSR count). The predicted octanol–water partition coefficient (Wildman–Crippen LogP) is 6.08. The Hall–Kier alpha value is -6.69. The van der Waals surface area contributed by atoms with E-state index >= 15 is 0 Å². The van der Waals surface area contributed by atoms with Gasteiger partial charge in [0.05, 0.1) is 6.42 Å². The number of phenolic OH excluding ortho intramolecular Hbond substituents is 1. The monoisotopic (exact) mass is 786 g/mol. The van der Waals surface area contributed by atoms with Crippen LogP contribution in [0.15, 0.2) is 122 Å². The Morgan fingerprint density at radius 3 is 1.88 bits per heavy atom. The second-order valence-corrected chi connectivity index (χ2v) is 14.2. The number of aliphatic carboxylic acids is 1.